The Balaban J connectivity index is 1.47. The van der Waals surface area contributed by atoms with Gasteiger partial charge in [-0.25, -0.2) is 9.37 Å². The highest BCUT2D eigenvalue weighted by Gasteiger charge is 2.19. The molecular formula is C18H24ClFN4. The van der Waals surface area contributed by atoms with Gasteiger partial charge < -0.3 is 4.57 Å². The zero-order valence-corrected chi connectivity index (χ0v) is 14.8. The molecule has 1 aromatic carbocycles. The van der Waals surface area contributed by atoms with Gasteiger partial charge in [0.25, 0.3) is 0 Å². The lowest BCUT2D eigenvalue weighted by atomic mass is 10.2. The first-order chi connectivity index (χ1) is 11.7. The monoisotopic (exact) mass is 350 g/mol. The maximum atomic E-state index is 13.9. The van der Waals surface area contributed by atoms with Gasteiger partial charge >= 0.3 is 0 Å². The molecule has 0 atom stereocenters. The highest BCUT2D eigenvalue weighted by molar-refractivity contribution is 6.31. The first-order valence-electron chi connectivity index (χ1n) is 8.55. The lowest BCUT2D eigenvalue weighted by Crippen LogP contribution is -2.46. The Hall–Kier alpha value is -1.43. The molecule has 0 saturated carbocycles. The molecule has 1 aliphatic heterocycles. The summed E-state index contributed by atoms with van der Waals surface area (Å²) in [6, 6.07) is 4.89. The van der Waals surface area contributed by atoms with Crippen molar-refractivity contribution in [2.24, 2.45) is 0 Å². The summed E-state index contributed by atoms with van der Waals surface area (Å²) in [6.45, 7) is 8.60. The van der Waals surface area contributed by atoms with Crippen LogP contribution in [0.5, 0.6) is 0 Å². The van der Waals surface area contributed by atoms with E-state index in [-0.39, 0.29) is 5.82 Å². The van der Waals surface area contributed by atoms with Gasteiger partial charge in [0.1, 0.15) is 11.6 Å². The average Bonchev–Trinajstić information content (AvgIpc) is 3.05. The summed E-state index contributed by atoms with van der Waals surface area (Å²) < 4.78 is 16.1. The van der Waals surface area contributed by atoms with Gasteiger partial charge in [-0.3, -0.25) is 9.80 Å². The molecule has 24 heavy (non-hydrogen) atoms. The van der Waals surface area contributed by atoms with Crippen molar-refractivity contribution >= 4 is 11.6 Å². The van der Waals surface area contributed by atoms with Gasteiger partial charge in [-0.05, 0) is 12.1 Å². The molecular weight excluding hydrogens is 327 g/mol. The van der Waals surface area contributed by atoms with Gasteiger partial charge in [-0.15, -0.1) is 0 Å². The number of halogens is 2. The summed E-state index contributed by atoms with van der Waals surface area (Å²) in [5.74, 6) is 0.931. The molecule has 2 aromatic rings. The third-order valence-corrected chi connectivity index (χ3v) is 5.04. The van der Waals surface area contributed by atoms with Crippen LogP contribution in [-0.2, 0) is 19.5 Å². The second-order valence-electron chi connectivity index (χ2n) is 6.21. The van der Waals surface area contributed by atoms with Gasteiger partial charge in [-0.1, -0.05) is 24.6 Å². The molecule has 0 bridgehead atoms. The number of nitrogens with zero attached hydrogens (tertiary/aromatic N) is 4. The summed E-state index contributed by atoms with van der Waals surface area (Å²) >= 11 is 6.13. The fraction of sp³-hybridized carbons (Fsp3) is 0.500. The maximum Gasteiger partial charge on any atom is 0.129 e. The molecule has 4 nitrogen and oxygen atoms in total. The van der Waals surface area contributed by atoms with E-state index in [2.05, 4.69) is 32.5 Å². The molecule has 0 N–H and O–H groups in total. The number of hydrogen-bond acceptors (Lipinski definition) is 3. The molecule has 1 fully saturated rings. The van der Waals surface area contributed by atoms with E-state index in [1.807, 2.05) is 6.20 Å². The Morgan fingerprint density at radius 3 is 2.58 bits per heavy atom. The van der Waals surface area contributed by atoms with Crippen LogP contribution in [-0.4, -0.2) is 52.1 Å². The summed E-state index contributed by atoms with van der Waals surface area (Å²) in [4.78, 5) is 9.09. The summed E-state index contributed by atoms with van der Waals surface area (Å²) in [7, 11) is 0. The molecule has 1 aromatic heterocycles. The fourth-order valence-corrected chi connectivity index (χ4v) is 3.41. The molecule has 1 saturated heterocycles. The van der Waals surface area contributed by atoms with Crippen LogP contribution < -0.4 is 0 Å². The van der Waals surface area contributed by atoms with E-state index < -0.39 is 0 Å². The molecule has 0 aliphatic carbocycles. The van der Waals surface area contributed by atoms with Crippen molar-refractivity contribution in [1.29, 1.82) is 0 Å². The lowest BCUT2D eigenvalue weighted by Gasteiger charge is -2.35. The van der Waals surface area contributed by atoms with E-state index in [9.17, 15) is 4.39 Å². The van der Waals surface area contributed by atoms with Crippen LogP contribution in [0.1, 0.15) is 18.3 Å². The summed E-state index contributed by atoms with van der Waals surface area (Å²) in [5.41, 5.74) is 0.610. The Morgan fingerprint density at radius 2 is 1.88 bits per heavy atom. The van der Waals surface area contributed by atoms with Crippen LogP contribution in [0.4, 0.5) is 4.39 Å². The predicted molar refractivity (Wildman–Crippen MR) is 94.7 cm³/mol. The van der Waals surface area contributed by atoms with Crippen LogP contribution in [0, 0.1) is 5.82 Å². The topological polar surface area (TPSA) is 24.3 Å². The first-order valence-corrected chi connectivity index (χ1v) is 8.92. The molecule has 0 radical (unpaired) electrons. The normalized spacial score (nSPS) is 16.6. The van der Waals surface area contributed by atoms with Gasteiger partial charge in [0.2, 0.25) is 0 Å². The highest BCUT2D eigenvalue weighted by Crippen LogP contribution is 2.21. The molecule has 2 heterocycles. The molecule has 130 valence electrons. The van der Waals surface area contributed by atoms with E-state index in [0.717, 1.165) is 51.5 Å². The Kier molecular flexibility index (Phi) is 5.87. The molecule has 6 heteroatoms. The third kappa shape index (κ3) is 4.15. The summed E-state index contributed by atoms with van der Waals surface area (Å²) in [6.07, 6.45) is 4.88. The van der Waals surface area contributed by atoms with Crippen molar-refractivity contribution in [2.45, 2.75) is 26.4 Å². The number of aromatic nitrogens is 2. The zero-order chi connectivity index (χ0) is 16.9. The first kappa shape index (κ1) is 17.4. The minimum atomic E-state index is -0.211. The van der Waals surface area contributed by atoms with Crippen molar-refractivity contribution in [3.05, 3.63) is 52.8 Å². The minimum absolute atomic E-state index is 0.211. The second kappa shape index (κ2) is 8.10. The van der Waals surface area contributed by atoms with E-state index >= 15 is 0 Å². The van der Waals surface area contributed by atoms with Crippen LogP contribution in [0.25, 0.3) is 0 Å². The highest BCUT2D eigenvalue weighted by atomic mass is 35.5. The van der Waals surface area contributed by atoms with E-state index in [1.54, 1.807) is 12.1 Å². The Labute approximate surface area is 147 Å². The standard InChI is InChI=1S/C18H24ClFN4/c1-2-18-21-6-7-24(18)13-12-22-8-10-23(11-9-22)14-15-16(19)4-3-5-17(15)20/h3-7H,2,8-14H2,1H3. The van der Waals surface area contributed by atoms with Crippen LogP contribution >= 0.6 is 11.6 Å². The van der Waals surface area contributed by atoms with E-state index in [1.165, 1.54) is 6.07 Å². The number of aryl methyl sites for hydroxylation is 1. The largest absolute Gasteiger partial charge is 0.334 e. The van der Waals surface area contributed by atoms with Crippen molar-refractivity contribution in [2.75, 3.05) is 32.7 Å². The van der Waals surface area contributed by atoms with Crippen LogP contribution in [0.3, 0.4) is 0 Å². The lowest BCUT2D eigenvalue weighted by molar-refractivity contribution is 0.123. The smallest absolute Gasteiger partial charge is 0.129 e. The van der Waals surface area contributed by atoms with Gasteiger partial charge in [0.05, 0.1) is 0 Å². The Morgan fingerprint density at radius 1 is 1.12 bits per heavy atom. The van der Waals surface area contributed by atoms with Crippen LogP contribution in [0.15, 0.2) is 30.6 Å². The van der Waals surface area contributed by atoms with Gasteiger partial charge in [-0.2, -0.15) is 0 Å². The zero-order valence-electron chi connectivity index (χ0n) is 14.1. The second-order valence-corrected chi connectivity index (χ2v) is 6.62. The number of benzene rings is 1. The summed E-state index contributed by atoms with van der Waals surface area (Å²) in [5, 5.41) is 0.518. The van der Waals surface area contributed by atoms with E-state index in [0.29, 0.717) is 17.1 Å². The van der Waals surface area contributed by atoms with E-state index in [4.69, 9.17) is 11.6 Å². The van der Waals surface area contributed by atoms with Crippen LogP contribution in [0.2, 0.25) is 5.02 Å². The number of rotatable bonds is 6. The average molecular weight is 351 g/mol. The van der Waals surface area contributed by atoms with Crippen molar-refractivity contribution < 1.29 is 4.39 Å². The number of hydrogen-bond donors (Lipinski definition) is 0. The predicted octanol–water partition coefficient (Wildman–Crippen LogP) is 3.06. The third-order valence-electron chi connectivity index (χ3n) is 4.68. The number of imidazole rings is 1. The SMILES string of the molecule is CCc1nccn1CCN1CCN(Cc2c(F)cccc2Cl)CC1. The quantitative estimate of drug-likeness (QED) is 0.800. The van der Waals surface area contributed by atoms with Crippen molar-refractivity contribution in [3.63, 3.8) is 0 Å². The Bertz CT molecular complexity index is 645. The van der Waals surface area contributed by atoms with Crippen molar-refractivity contribution in [1.82, 2.24) is 19.4 Å². The van der Waals surface area contributed by atoms with Gasteiger partial charge in [0, 0.05) is 75.2 Å². The molecule has 0 amide bonds. The van der Waals surface area contributed by atoms with Crippen molar-refractivity contribution in [3.8, 4) is 0 Å². The molecule has 3 rings (SSSR count). The molecule has 0 spiro atoms. The van der Waals surface area contributed by atoms with Gasteiger partial charge in [0.15, 0.2) is 0 Å². The number of piperazine rings is 1. The minimum Gasteiger partial charge on any atom is -0.334 e. The molecule has 0 unspecified atom stereocenters. The maximum absolute atomic E-state index is 13.9. The fourth-order valence-electron chi connectivity index (χ4n) is 3.19. The molecule has 1 aliphatic rings.